The van der Waals surface area contributed by atoms with Gasteiger partial charge in [0.1, 0.15) is 0 Å². The molecule has 0 fully saturated rings. The van der Waals surface area contributed by atoms with E-state index in [0.717, 1.165) is 0 Å². The van der Waals surface area contributed by atoms with Gasteiger partial charge in [0, 0.05) is 11.5 Å². The second-order valence-electron chi connectivity index (χ2n) is 2.22. The molecule has 10 N–H and O–H groups in total. The quantitative estimate of drug-likeness (QED) is 0.226. The van der Waals surface area contributed by atoms with E-state index in [1.54, 1.807) is 0 Å². The summed E-state index contributed by atoms with van der Waals surface area (Å²) in [5.74, 6) is -2.25. The zero-order valence-corrected chi connectivity index (χ0v) is 13.0. The molecule has 0 heterocycles. The molecule has 0 bridgehead atoms. The largest absolute Gasteiger partial charge is 4.00 e. The van der Waals surface area contributed by atoms with E-state index < -0.39 is 24.0 Å². The molecule has 0 radical (unpaired) electrons. The molecule has 17 heavy (non-hydrogen) atoms. The maximum atomic E-state index is 9.65. The van der Waals surface area contributed by atoms with Crippen LogP contribution < -0.4 is 34.0 Å². The van der Waals surface area contributed by atoms with Gasteiger partial charge in [0.25, 0.3) is 0 Å². The minimum Gasteiger partial charge on any atom is -0.548 e. The van der Waals surface area contributed by atoms with E-state index in [1.807, 2.05) is 0 Å². The SMILES string of the molecule is N.N.NC(CS)C(=O)[O-].NC(CS)C(=O)[O-].[Pt+4]. The summed E-state index contributed by atoms with van der Waals surface area (Å²) in [5, 5.41) is 19.3. The Morgan fingerprint density at radius 3 is 1.12 bits per heavy atom. The molecule has 0 saturated heterocycles. The third kappa shape index (κ3) is 21.9. The van der Waals surface area contributed by atoms with Crippen molar-refractivity contribution in [3.8, 4) is 0 Å². The first-order valence-electron chi connectivity index (χ1n) is 3.51. The summed E-state index contributed by atoms with van der Waals surface area (Å²) in [6.45, 7) is 0. The van der Waals surface area contributed by atoms with Gasteiger partial charge in [-0.1, -0.05) is 0 Å². The predicted octanol–water partition coefficient (Wildman–Crippen LogP) is -3.69. The van der Waals surface area contributed by atoms with Crippen LogP contribution in [0.4, 0.5) is 0 Å². The molecule has 0 rings (SSSR count). The zero-order valence-electron chi connectivity index (χ0n) is 8.98. The minimum atomic E-state index is -1.25. The van der Waals surface area contributed by atoms with Crippen LogP contribution in [0.5, 0.6) is 0 Å². The Bertz CT molecular complexity index is 181. The number of rotatable bonds is 4. The van der Waals surface area contributed by atoms with Crippen LogP contribution in [0.3, 0.4) is 0 Å². The van der Waals surface area contributed by atoms with Gasteiger partial charge >= 0.3 is 21.1 Å². The maximum Gasteiger partial charge on any atom is 4.00 e. The van der Waals surface area contributed by atoms with E-state index in [0.29, 0.717) is 0 Å². The molecule has 0 aromatic carbocycles. The third-order valence-electron chi connectivity index (χ3n) is 0.999. The van der Waals surface area contributed by atoms with Gasteiger partial charge in [0.2, 0.25) is 0 Å². The molecule has 0 spiro atoms. The average Bonchev–Trinajstić information content (AvgIpc) is 2.15. The number of hydrogen-bond donors (Lipinski definition) is 6. The average molecular weight is 469 g/mol. The second-order valence-corrected chi connectivity index (χ2v) is 2.95. The number of carbonyl (C=O) groups is 2. The van der Waals surface area contributed by atoms with Crippen molar-refractivity contribution in [3.63, 3.8) is 0 Å². The molecule has 0 aromatic heterocycles. The van der Waals surface area contributed by atoms with Crippen LogP contribution >= 0.6 is 25.3 Å². The molecule has 0 saturated carbocycles. The summed E-state index contributed by atoms with van der Waals surface area (Å²) in [7, 11) is 0. The minimum absolute atomic E-state index is 0. The van der Waals surface area contributed by atoms with Crippen molar-refractivity contribution in [3.05, 3.63) is 0 Å². The Labute approximate surface area is 125 Å². The summed E-state index contributed by atoms with van der Waals surface area (Å²) in [6, 6.07) is -1.85. The van der Waals surface area contributed by atoms with Crippen LogP contribution in [-0.4, -0.2) is 35.5 Å². The van der Waals surface area contributed by atoms with Gasteiger partial charge < -0.3 is 43.6 Å². The van der Waals surface area contributed by atoms with Crippen molar-refractivity contribution in [2.75, 3.05) is 11.5 Å². The smallest absolute Gasteiger partial charge is 0.548 e. The topological polar surface area (TPSA) is 202 Å². The van der Waals surface area contributed by atoms with Crippen molar-refractivity contribution in [2.45, 2.75) is 12.1 Å². The van der Waals surface area contributed by atoms with Crippen LogP contribution in [0.25, 0.3) is 0 Å². The first-order chi connectivity index (χ1) is 6.36. The molecule has 0 aromatic rings. The number of carbonyl (C=O) groups excluding carboxylic acids is 2. The predicted molar refractivity (Wildman–Crippen MR) is 63.7 cm³/mol. The van der Waals surface area contributed by atoms with Crippen molar-refractivity contribution in [1.29, 1.82) is 0 Å². The van der Waals surface area contributed by atoms with E-state index in [-0.39, 0.29) is 44.9 Å². The Morgan fingerprint density at radius 1 is 0.941 bits per heavy atom. The summed E-state index contributed by atoms with van der Waals surface area (Å²) in [5.41, 5.74) is 9.75. The molecular formula is C6H18N4O4PtS2+2. The van der Waals surface area contributed by atoms with Gasteiger partial charge in [0.15, 0.2) is 0 Å². The first-order valence-corrected chi connectivity index (χ1v) is 4.77. The Hall–Kier alpha value is 0.168. The summed E-state index contributed by atoms with van der Waals surface area (Å²) < 4.78 is 0. The van der Waals surface area contributed by atoms with Gasteiger partial charge in [-0.15, -0.1) is 0 Å². The molecule has 106 valence electrons. The fourth-order valence-electron chi connectivity index (χ4n) is 0.149. The van der Waals surface area contributed by atoms with Gasteiger partial charge in [-0.2, -0.15) is 25.3 Å². The van der Waals surface area contributed by atoms with E-state index in [2.05, 4.69) is 25.3 Å². The molecule has 11 heteroatoms. The van der Waals surface area contributed by atoms with Crippen LogP contribution in [0.2, 0.25) is 0 Å². The number of aliphatic carboxylic acids is 2. The molecular weight excluding hydrogens is 451 g/mol. The van der Waals surface area contributed by atoms with E-state index in [9.17, 15) is 19.8 Å². The summed E-state index contributed by atoms with van der Waals surface area (Å²) in [6.07, 6.45) is 0. The Kier molecular flexibility index (Phi) is 33.0. The number of carboxylic acid groups (broad SMARTS) is 2. The molecule has 0 amide bonds. The van der Waals surface area contributed by atoms with Crippen LogP contribution in [0.1, 0.15) is 0 Å². The molecule has 0 aliphatic carbocycles. The molecule has 0 aliphatic heterocycles. The number of nitrogens with two attached hydrogens (primary N) is 2. The molecule has 2 atom stereocenters. The number of hydrogen-bond acceptors (Lipinski definition) is 10. The van der Waals surface area contributed by atoms with Gasteiger partial charge in [-0.3, -0.25) is 0 Å². The maximum absolute atomic E-state index is 9.65. The molecule has 0 aliphatic rings. The fraction of sp³-hybridized carbons (Fsp3) is 0.667. The molecule has 2 unspecified atom stereocenters. The van der Waals surface area contributed by atoms with Crippen LogP contribution in [0.15, 0.2) is 0 Å². The van der Waals surface area contributed by atoms with E-state index >= 15 is 0 Å². The van der Waals surface area contributed by atoms with Crippen molar-refractivity contribution < 1.29 is 40.9 Å². The fourth-order valence-corrected chi connectivity index (χ4v) is 0.447. The van der Waals surface area contributed by atoms with Crippen molar-refractivity contribution in [1.82, 2.24) is 12.3 Å². The Balaban J connectivity index is -0.0000000480. The molecule has 8 nitrogen and oxygen atoms in total. The number of thiol groups is 2. The summed E-state index contributed by atoms with van der Waals surface area (Å²) in [4.78, 5) is 19.3. The number of carboxylic acids is 2. The standard InChI is InChI=1S/2C3H7NO2S.2H3N.Pt/c2*4-2(1-7)3(5)6;;;/h2*2,7H,1,4H2,(H,5,6);2*1H3;/q;;;;+4/p-2. The monoisotopic (exact) mass is 469 g/mol. The van der Waals surface area contributed by atoms with Crippen molar-refractivity contribution in [2.24, 2.45) is 11.5 Å². The van der Waals surface area contributed by atoms with Gasteiger partial charge in [-0.25, -0.2) is 0 Å². The first kappa shape index (κ1) is 30.3. The van der Waals surface area contributed by atoms with Crippen LogP contribution in [0, 0.1) is 0 Å². The zero-order chi connectivity index (χ0) is 11.7. The normalized spacial score (nSPS) is 11.1. The summed E-state index contributed by atoms with van der Waals surface area (Å²) >= 11 is 7.22. The van der Waals surface area contributed by atoms with Gasteiger partial charge in [-0.05, 0) is 0 Å². The third-order valence-corrected chi connectivity index (χ3v) is 1.79. The second kappa shape index (κ2) is 18.5. The van der Waals surface area contributed by atoms with Crippen LogP contribution in [-0.2, 0) is 30.7 Å². The Morgan fingerprint density at radius 2 is 1.12 bits per heavy atom. The van der Waals surface area contributed by atoms with Gasteiger partial charge in [0.05, 0.1) is 24.0 Å². The van der Waals surface area contributed by atoms with Crippen molar-refractivity contribution >= 4 is 37.2 Å². The van der Waals surface area contributed by atoms with E-state index in [1.165, 1.54) is 0 Å². The van der Waals surface area contributed by atoms with E-state index in [4.69, 9.17) is 11.5 Å².